The van der Waals surface area contributed by atoms with Crippen LogP contribution in [0.1, 0.15) is 25.3 Å². The normalized spacial score (nSPS) is 19.9. The van der Waals surface area contributed by atoms with Crippen molar-refractivity contribution in [2.24, 2.45) is 5.92 Å². The van der Waals surface area contributed by atoms with Gasteiger partial charge in [-0.2, -0.15) is 9.50 Å². The lowest BCUT2D eigenvalue weighted by Crippen LogP contribution is -2.32. The zero-order valence-corrected chi connectivity index (χ0v) is 15.6. The van der Waals surface area contributed by atoms with Crippen LogP contribution >= 0.6 is 11.3 Å². The Morgan fingerprint density at radius 3 is 2.74 bits per heavy atom. The van der Waals surface area contributed by atoms with Gasteiger partial charge in [0, 0.05) is 13.1 Å². The maximum absolute atomic E-state index is 12.4. The SMILES string of the molecule is CC1CCN(c2nn3c(N)c(/C=C4/C=CC(=O)C(O)=C4)c(=O)nc3s2)CC1. The summed E-state index contributed by atoms with van der Waals surface area (Å²) < 4.78 is 1.48. The first-order chi connectivity index (χ1) is 12.9. The predicted molar refractivity (Wildman–Crippen MR) is 105 cm³/mol. The summed E-state index contributed by atoms with van der Waals surface area (Å²) in [4.78, 5) is 30.5. The maximum atomic E-state index is 12.4. The first-order valence-corrected chi connectivity index (χ1v) is 9.53. The highest BCUT2D eigenvalue weighted by molar-refractivity contribution is 7.20. The summed E-state index contributed by atoms with van der Waals surface area (Å²) in [6, 6.07) is 0. The molecule has 3 heterocycles. The number of carbonyl (C=O) groups excluding carboxylic acids is 1. The first-order valence-electron chi connectivity index (χ1n) is 8.71. The fourth-order valence-electron chi connectivity index (χ4n) is 3.13. The van der Waals surface area contributed by atoms with E-state index in [1.54, 1.807) is 0 Å². The van der Waals surface area contributed by atoms with E-state index in [0.717, 1.165) is 31.1 Å². The molecule has 1 aliphatic heterocycles. The number of carbonyl (C=O) groups is 1. The van der Waals surface area contributed by atoms with Gasteiger partial charge in [-0.3, -0.25) is 9.59 Å². The third-order valence-electron chi connectivity index (χ3n) is 4.83. The van der Waals surface area contributed by atoms with E-state index in [4.69, 9.17) is 5.73 Å². The number of hydrogen-bond acceptors (Lipinski definition) is 8. The van der Waals surface area contributed by atoms with Gasteiger partial charge in [-0.05, 0) is 42.6 Å². The molecule has 0 saturated carbocycles. The number of nitrogen functional groups attached to an aromatic ring is 1. The highest BCUT2D eigenvalue weighted by Gasteiger charge is 2.21. The number of rotatable bonds is 2. The zero-order chi connectivity index (χ0) is 19.1. The van der Waals surface area contributed by atoms with Gasteiger partial charge in [-0.15, -0.1) is 5.10 Å². The molecule has 1 fully saturated rings. The molecule has 9 heteroatoms. The average molecular weight is 385 g/mol. The van der Waals surface area contributed by atoms with Crippen LogP contribution in [-0.4, -0.2) is 38.6 Å². The van der Waals surface area contributed by atoms with Crippen molar-refractivity contribution in [1.29, 1.82) is 0 Å². The zero-order valence-electron chi connectivity index (χ0n) is 14.8. The molecule has 27 heavy (non-hydrogen) atoms. The lowest BCUT2D eigenvalue weighted by molar-refractivity contribution is -0.113. The van der Waals surface area contributed by atoms with Gasteiger partial charge in [-0.1, -0.05) is 24.3 Å². The second kappa shape index (κ2) is 6.66. The maximum Gasteiger partial charge on any atom is 0.283 e. The number of hydrogen-bond donors (Lipinski definition) is 2. The van der Waals surface area contributed by atoms with Crippen molar-refractivity contribution in [3.8, 4) is 0 Å². The monoisotopic (exact) mass is 385 g/mol. The summed E-state index contributed by atoms with van der Waals surface area (Å²) in [6.07, 6.45) is 7.74. The van der Waals surface area contributed by atoms with Gasteiger partial charge >= 0.3 is 0 Å². The smallest absolute Gasteiger partial charge is 0.283 e. The van der Waals surface area contributed by atoms with Crippen molar-refractivity contribution >= 4 is 39.1 Å². The predicted octanol–water partition coefficient (Wildman–Crippen LogP) is 1.93. The summed E-state index contributed by atoms with van der Waals surface area (Å²) in [5, 5.41) is 14.9. The highest BCUT2D eigenvalue weighted by Crippen LogP contribution is 2.28. The van der Waals surface area contributed by atoms with Gasteiger partial charge in [0.15, 0.2) is 5.76 Å². The fourth-order valence-corrected chi connectivity index (χ4v) is 4.08. The van der Waals surface area contributed by atoms with E-state index in [0.29, 0.717) is 16.5 Å². The Bertz CT molecular complexity index is 1070. The average Bonchev–Trinajstić information content (AvgIpc) is 3.06. The number of aliphatic hydroxyl groups excluding tert-OH is 1. The summed E-state index contributed by atoms with van der Waals surface area (Å²) >= 11 is 1.34. The Kier molecular flexibility index (Phi) is 4.31. The molecule has 0 unspecified atom stereocenters. The van der Waals surface area contributed by atoms with Crippen molar-refractivity contribution in [3.05, 3.63) is 45.5 Å². The van der Waals surface area contributed by atoms with Crippen molar-refractivity contribution in [2.45, 2.75) is 19.8 Å². The second-order valence-electron chi connectivity index (χ2n) is 6.84. The van der Waals surface area contributed by atoms with E-state index in [-0.39, 0.29) is 17.1 Å². The molecule has 2 aromatic rings. The minimum atomic E-state index is -0.481. The van der Waals surface area contributed by atoms with Crippen molar-refractivity contribution in [1.82, 2.24) is 14.6 Å². The number of allylic oxidation sites excluding steroid dienone is 4. The molecule has 0 bridgehead atoms. The molecule has 2 aromatic heterocycles. The number of anilines is 2. The molecule has 4 rings (SSSR count). The number of ketones is 1. The number of nitrogens with zero attached hydrogens (tertiary/aromatic N) is 4. The van der Waals surface area contributed by atoms with Gasteiger partial charge in [-0.25, -0.2) is 0 Å². The highest BCUT2D eigenvalue weighted by atomic mass is 32.1. The van der Waals surface area contributed by atoms with E-state index in [2.05, 4.69) is 21.9 Å². The Morgan fingerprint density at radius 1 is 1.30 bits per heavy atom. The number of piperidine rings is 1. The van der Waals surface area contributed by atoms with Crippen molar-refractivity contribution < 1.29 is 9.90 Å². The molecule has 3 N–H and O–H groups in total. The minimum Gasteiger partial charge on any atom is -0.504 e. The van der Waals surface area contributed by atoms with E-state index >= 15 is 0 Å². The quantitative estimate of drug-likeness (QED) is 0.812. The van der Waals surface area contributed by atoms with Gasteiger partial charge < -0.3 is 15.7 Å². The number of nitrogens with two attached hydrogens (primary N) is 1. The molecular weight excluding hydrogens is 366 g/mol. The number of aliphatic hydroxyl groups is 1. The fraction of sp³-hybridized carbons (Fsp3) is 0.333. The molecular formula is C18H19N5O3S. The summed E-state index contributed by atoms with van der Waals surface area (Å²) in [5.74, 6) is 0.0264. The van der Waals surface area contributed by atoms with E-state index < -0.39 is 11.3 Å². The van der Waals surface area contributed by atoms with Crippen LogP contribution < -0.4 is 16.2 Å². The third-order valence-corrected chi connectivity index (χ3v) is 5.80. The van der Waals surface area contributed by atoms with Crippen molar-refractivity contribution in [3.63, 3.8) is 0 Å². The van der Waals surface area contributed by atoms with Crippen LogP contribution in [0, 0.1) is 5.92 Å². The molecule has 8 nitrogen and oxygen atoms in total. The van der Waals surface area contributed by atoms with Crippen LogP contribution in [0.3, 0.4) is 0 Å². The van der Waals surface area contributed by atoms with E-state index in [1.165, 1.54) is 40.2 Å². The van der Waals surface area contributed by atoms with Gasteiger partial charge in [0.2, 0.25) is 15.9 Å². The van der Waals surface area contributed by atoms with Crippen LogP contribution in [0.2, 0.25) is 0 Å². The Hall–Kier alpha value is -2.94. The molecule has 0 radical (unpaired) electrons. The molecule has 1 saturated heterocycles. The summed E-state index contributed by atoms with van der Waals surface area (Å²) in [5.41, 5.74) is 6.38. The van der Waals surface area contributed by atoms with E-state index in [1.807, 2.05) is 0 Å². The Labute approximate surface area is 158 Å². The first kappa shape index (κ1) is 17.5. The largest absolute Gasteiger partial charge is 0.504 e. The van der Waals surface area contributed by atoms with Gasteiger partial charge in [0.05, 0.1) is 5.56 Å². The van der Waals surface area contributed by atoms with E-state index in [9.17, 15) is 14.7 Å². The molecule has 140 valence electrons. The topological polar surface area (TPSA) is 114 Å². The van der Waals surface area contributed by atoms with Crippen molar-refractivity contribution in [2.75, 3.05) is 23.7 Å². The molecule has 0 amide bonds. The van der Waals surface area contributed by atoms with Crippen LogP contribution in [0.15, 0.2) is 34.4 Å². The minimum absolute atomic E-state index is 0.176. The molecule has 0 aromatic carbocycles. The molecule has 2 aliphatic rings. The lowest BCUT2D eigenvalue weighted by atomic mass is 10.00. The van der Waals surface area contributed by atoms with Crippen LogP contribution in [0.5, 0.6) is 0 Å². The Balaban J connectivity index is 1.74. The number of aromatic nitrogens is 3. The van der Waals surface area contributed by atoms with Crippen LogP contribution in [0.25, 0.3) is 11.0 Å². The van der Waals surface area contributed by atoms with Gasteiger partial charge in [0.25, 0.3) is 5.56 Å². The summed E-state index contributed by atoms with van der Waals surface area (Å²) in [6.45, 7) is 4.09. The van der Waals surface area contributed by atoms with Gasteiger partial charge in [0.1, 0.15) is 5.82 Å². The Morgan fingerprint density at radius 2 is 2.04 bits per heavy atom. The summed E-state index contributed by atoms with van der Waals surface area (Å²) in [7, 11) is 0. The second-order valence-corrected chi connectivity index (χ2v) is 7.77. The third kappa shape index (κ3) is 3.25. The standard InChI is InChI=1S/C18H19N5O3S/c1-10-4-6-22(7-5-10)18-21-23-15(19)12(16(26)20-17(23)27-18)8-11-2-3-13(24)14(25)9-11/h2-3,8-10,25H,4-7,19H2,1H3/b11-8-. The lowest BCUT2D eigenvalue weighted by Gasteiger charge is -2.29. The molecule has 0 atom stereocenters. The molecule has 0 spiro atoms. The van der Waals surface area contributed by atoms with Crippen LogP contribution in [0.4, 0.5) is 10.9 Å². The van der Waals surface area contributed by atoms with Crippen LogP contribution in [-0.2, 0) is 4.79 Å². The molecule has 1 aliphatic carbocycles. The number of fused-ring (bicyclic) bond motifs is 1.